The second-order valence-electron chi connectivity index (χ2n) is 4.87. The summed E-state index contributed by atoms with van der Waals surface area (Å²) in [7, 11) is 1.62. The van der Waals surface area contributed by atoms with E-state index in [1.807, 2.05) is 18.2 Å². The van der Waals surface area contributed by atoms with Crippen LogP contribution in [-0.2, 0) is 4.79 Å². The van der Waals surface area contributed by atoms with Crippen LogP contribution in [0, 0.1) is 0 Å². The zero-order chi connectivity index (χ0) is 11.9. The summed E-state index contributed by atoms with van der Waals surface area (Å²) in [5.74, 6) is 0.778. The van der Waals surface area contributed by atoms with Crippen LogP contribution >= 0.6 is 0 Å². The first-order valence-corrected chi connectivity index (χ1v) is 5.97. The van der Waals surface area contributed by atoms with Crippen LogP contribution in [0.3, 0.4) is 0 Å². The van der Waals surface area contributed by atoms with Gasteiger partial charge in [-0.05, 0) is 31.4 Å². The van der Waals surface area contributed by atoms with Crippen LogP contribution < -0.4 is 15.4 Å². The van der Waals surface area contributed by atoms with E-state index in [0.717, 1.165) is 24.2 Å². The van der Waals surface area contributed by atoms with Crippen molar-refractivity contribution in [2.75, 3.05) is 17.7 Å². The molecule has 1 aliphatic heterocycles. The van der Waals surface area contributed by atoms with Crippen molar-refractivity contribution in [2.24, 2.45) is 0 Å². The smallest absolute Gasteiger partial charge is 0.226 e. The molecule has 4 nitrogen and oxygen atoms in total. The van der Waals surface area contributed by atoms with Gasteiger partial charge >= 0.3 is 0 Å². The van der Waals surface area contributed by atoms with E-state index in [-0.39, 0.29) is 11.4 Å². The first kappa shape index (κ1) is 10.4. The average Bonchev–Trinajstić information content (AvgIpc) is 2.43. The van der Waals surface area contributed by atoms with Crippen molar-refractivity contribution in [3.63, 3.8) is 0 Å². The van der Waals surface area contributed by atoms with Crippen LogP contribution in [0.15, 0.2) is 18.2 Å². The molecule has 2 N–H and O–H groups in total. The number of carbonyl (C=O) groups is 1. The fraction of sp³-hybridized carbons (Fsp3) is 0.462. The number of amides is 1. The van der Waals surface area contributed by atoms with Crippen molar-refractivity contribution in [3.05, 3.63) is 18.2 Å². The molecule has 1 aliphatic carbocycles. The second-order valence-corrected chi connectivity index (χ2v) is 4.87. The number of hydrogen-bond donors (Lipinski definition) is 2. The van der Waals surface area contributed by atoms with Crippen molar-refractivity contribution < 1.29 is 9.53 Å². The lowest BCUT2D eigenvalue weighted by atomic mass is 9.74. The van der Waals surface area contributed by atoms with Gasteiger partial charge in [-0.1, -0.05) is 6.07 Å². The van der Waals surface area contributed by atoms with Gasteiger partial charge in [0.1, 0.15) is 11.4 Å². The van der Waals surface area contributed by atoms with Crippen LogP contribution in [0.25, 0.3) is 0 Å². The molecule has 0 unspecified atom stereocenters. The summed E-state index contributed by atoms with van der Waals surface area (Å²) >= 11 is 0. The predicted molar refractivity (Wildman–Crippen MR) is 66.4 cm³/mol. The van der Waals surface area contributed by atoms with E-state index < -0.39 is 0 Å². The fourth-order valence-electron chi connectivity index (χ4n) is 2.66. The van der Waals surface area contributed by atoms with E-state index in [1.54, 1.807) is 7.11 Å². The van der Waals surface area contributed by atoms with Crippen molar-refractivity contribution in [2.45, 2.75) is 31.2 Å². The molecule has 4 heteroatoms. The van der Waals surface area contributed by atoms with Crippen LogP contribution in [0.4, 0.5) is 11.4 Å². The molecule has 1 aromatic carbocycles. The minimum absolute atomic E-state index is 0.0261. The Labute approximate surface area is 100 Å². The van der Waals surface area contributed by atoms with Crippen molar-refractivity contribution in [3.8, 4) is 5.75 Å². The van der Waals surface area contributed by atoms with Gasteiger partial charge in [-0.2, -0.15) is 0 Å². The van der Waals surface area contributed by atoms with E-state index in [1.165, 1.54) is 6.42 Å². The van der Waals surface area contributed by atoms with Gasteiger partial charge < -0.3 is 15.4 Å². The van der Waals surface area contributed by atoms with Gasteiger partial charge in [0.15, 0.2) is 0 Å². The van der Waals surface area contributed by atoms with Gasteiger partial charge in [0, 0.05) is 12.0 Å². The maximum absolute atomic E-state index is 11.9. The number of hydrogen-bond acceptors (Lipinski definition) is 3. The lowest BCUT2D eigenvalue weighted by Gasteiger charge is -2.41. The van der Waals surface area contributed by atoms with Crippen LogP contribution in [0.2, 0.25) is 0 Å². The normalized spacial score (nSPS) is 20.6. The number of benzene rings is 1. The number of rotatable bonds is 1. The highest BCUT2D eigenvalue weighted by Gasteiger charge is 2.41. The molecular formula is C13H16N2O2. The molecule has 1 amide bonds. The Morgan fingerprint density at radius 2 is 2.18 bits per heavy atom. The molecule has 1 spiro atoms. The third kappa shape index (κ3) is 1.64. The molecular weight excluding hydrogens is 216 g/mol. The number of nitrogens with one attached hydrogen (secondary N) is 2. The Morgan fingerprint density at radius 1 is 1.35 bits per heavy atom. The molecule has 1 saturated carbocycles. The van der Waals surface area contributed by atoms with Crippen molar-refractivity contribution in [1.82, 2.24) is 0 Å². The Hall–Kier alpha value is -1.71. The van der Waals surface area contributed by atoms with Gasteiger partial charge in [0.05, 0.1) is 12.8 Å². The standard InChI is InChI=1S/C13H16N2O2/c1-17-10-5-2-4-9-12(10)14-11(16)8-13(15-9)6-3-7-13/h2,4-5,15H,3,6-8H2,1H3,(H,14,16). The van der Waals surface area contributed by atoms with E-state index in [4.69, 9.17) is 4.74 Å². The zero-order valence-electron chi connectivity index (χ0n) is 9.88. The Kier molecular flexibility index (Phi) is 2.24. The van der Waals surface area contributed by atoms with Gasteiger partial charge in [0.25, 0.3) is 0 Å². The largest absolute Gasteiger partial charge is 0.494 e. The SMILES string of the molecule is COc1cccc2c1NC(=O)CC1(CCC1)N2. The van der Waals surface area contributed by atoms with Gasteiger partial charge in [-0.15, -0.1) is 0 Å². The zero-order valence-corrected chi connectivity index (χ0v) is 9.88. The molecule has 1 heterocycles. The molecule has 0 atom stereocenters. The highest BCUT2D eigenvalue weighted by molar-refractivity contribution is 5.99. The summed E-state index contributed by atoms with van der Waals surface area (Å²) in [6.07, 6.45) is 3.87. The number of ether oxygens (including phenoxy) is 1. The maximum Gasteiger partial charge on any atom is 0.226 e. The molecule has 1 aromatic rings. The summed E-state index contributed by atoms with van der Waals surface area (Å²) in [6.45, 7) is 0. The lowest BCUT2D eigenvalue weighted by Crippen LogP contribution is -2.46. The number of para-hydroxylation sites is 1. The molecule has 17 heavy (non-hydrogen) atoms. The van der Waals surface area contributed by atoms with E-state index in [2.05, 4.69) is 10.6 Å². The molecule has 0 bridgehead atoms. The highest BCUT2D eigenvalue weighted by atomic mass is 16.5. The summed E-state index contributed by atoms with van der Waals surface area (Å²) < 4.78 is 5.28. The molecule has 0 aromatic heterocycles. The van der Waals surface area contributed by atoms with E-state index in [0.29, 0.717) is 12.2 Å². The van der Waals surface area contributed by atoms with Crippen LogP contribution in [-0.4, -0.2) is 18.6 Å². The van der Waals surface area contributed by atoms with Crippen LogP contribution in [0.5, 0.6) is 5.75 Å². The average molecular weight is 232 g/mol. The number of anilines is 2. The third-order valence-electron chi connectivity index (χ3n) is 3.72. The predicted octanol–water partition coefficient (Wildman–Crippen LogP) is 2.37. The topological polar surface area (TPSA) is 50.4 Å². The molecule has 0 saturated heterocycles. The van der Waals surface area contributed by atoms with Gasteiger partial charge in [-0.3, -0.25) is 4.79 Å². The number of carbonyl (C=O) groups excluding carboxylic acids is 1. The van der Waals surface area contributed by atoms with Gasteiger partial charge in [0.2, 0.25) is 5.91 Å². The monoisotopic (exact) mass is 232 g/mol. The molecule has 3 rings (SSSR count). The lowest BCUT2D eigenvalue weighted by molar-refractivity contribution is -0.117. The van der Waals surface area contributed by atoms with Crippen molar-refractivity contribution >= 4 is 17.3 Å². The quantitative estimate of drug-likeness (QED) is 0.781. The van der Waals surface area contributed by atoms with E-state index >= 15 is 0 Å². The van der Waals surface area contributed by atoms with E-state index in [9.17, 15) is 4.79 Å². The molecule has 90 valence electrons. The molecule has 1 fully saturated rings. The number of fused-ring (bicyclic) bond motifs is 1. The summed E-state index contributed by atoms with van der Waals surface area (Å²) in [6, 6.07) is 5.79. The minimum atomic E-state index is -0.0261. The first-order valence-electron chi connectivity index (χ1n) is 5.97. The maximum atomic E-state index is 11.9. The summed E-state index contributed by atoms with van der Waals surface area (Å²) in [5, 5.41) is 6.45. The highest BCUT2D eigenvalue weighted by Crippen LogP contribution is 2.44. The summed E-state index contributed by atoms with van der Waals surface area (Å²) in [4.78, 5) is 11.9. The van der Waals surface area contributed by atoms with Crippen molar-refractivity contribution in [1.29, 1.82) is 0 Å². The number of methoxy groups -OCH3 is 1. The Morgan fingerprint density at radius 3 is 2.82 bits per heavy atom. The van der Waals surface area contributed by atoms with Crippen LogP contribution in [0.1, 0.15) is 25.7 Å². The first-order chi connectivity index (χ1) is 8.22. The minimum Gasteiger partial charge on any atom is -0.494 e. The molecule has 0 radical (unpaired) electrons. The Balaban J connectivity index is 2.04. The third-order valence-corrected chi connectivity index (χ3v) is 3.72. The van der Waals surface area contributed by atoms with Gasteiger partial charge in [-0.25, -0.2) is 0 Å². The summed E-state index contributed by atoms with van der Waals surface area (Å²) in [5.41, 5.74) is 1.71. The molecule has 2 aliphatic rings. The fourth-order valence-corrected chi connectivity index (χ4v) is 2.66. The Bertz CT molecular complexity index is 466. The second kappa shape index (κ2) is 3.65.